The fourth-order valence-corrected chi connectivity index (χ4v) is 32.7. The molecule has 188 valence electrons. The Morgan fingerprint density at radius 3 is 0.645 bits per heavy atom. The molecule has 0 aromatic heterocycles. The van der Waals surface area contributed by atoms with Gasteiger partial charge < -0.3 is 29.4 Å². The fourth-order valence-electron chi connectivity index (χ4n) is 4.23. The van der Waals surface area contributed by atoms with E-state index in [-0.39, 0.29) is 12.2 Å². The highest BCUT2D eigenvalue weighted by Crippen LogP contribution is 2.28. The summed E-state index contributed by atoms with van der Waals surface area (Å²) in [5.41, 5.74) is 0. The number of hydrogen-bond acceptors (Lipinski definition) is 7. The van der Waals surface area contributed by atoms with E-state index in [1.54, 1.807) is 0 Å². The summed E-state index contributed by atoms with van der Waals surface area (Å²) in [6.45, 7) is 32.9. The van der Waals surface area contributed by atoms with Gasteiger partial charge in [0.1, 0.15) is 0 Å². The van der Waals surface area contributed by atoms with Crippen molar-refractivity contribution < 1.29 is 29.4 Å². The van der Waals surface area contributed by atoms with Crippen molar-refractivity contribution in [3.63, 3.8) is 0 Å². The van der Waals surface area contributed by atoms with E-state index in [2.05, 4.69) is 78.6 Å². The Morgan fingerprint density at radius 1 is 0.323 bits per heavy atom. The van der Waals surface area contributed by atoms with Gasteiger partial charge in [0.2, 0.25) is 0 Å². The average molecular weight is 547 g/mol. The molecule has 0 aromatic carbocycles. The highest BCUT2D eigenvalue weighted by molar-refractivity contribution is 6.90. The van der Waals surface area contributed by atoms with Gasteiger partial charge in [-0.3, -0.25) is 0 Å². The smallest absolute Gasteiger partial charge is 0.323 e. The lowest BCUT2D eigenvalue weighted by Crippen LogP contribution is -2.60. The molecule has 0 N–H and O–H groups in total. The molecule has 0 aliphatic carbocycles. The Labute approximate surface area is 199 Å². The molecule has 0 bridgehead atoms. The Kier molecular flexibility index (Phi) is 11.5. The first-order valence-corrected chi connectivity index (χ1v) is 28.1. The van der Waals surface area contributed by atoms with E-state index in [0.717, 1.165) is 0 Å². The van der Waals surface area contributed by atoms with Crippen LogP contribution in [0.3, 0.4) is 0 Å². The van der Waals surface area contributed by atoms with Crippen molar-refractivity contribution in [1.29, 1.82) is 0 Å². The van der Waals surface area contributed by atoms with Gasteiger partial charge in [-0.05, 0) is 106 Å². The molecule has 13 heteroatoms. The summed E-state index contributed by atoms with van der Waals surface area (Å²) < 4.78 is 44.6. The molecule has 0 unspecified atom stereocenters. The molecule has 0 saturated heterocycles. The van der Waals surface area contributed by atoms with Crippen LogP contribution in [0.1, 0.15) is 27.7 Å². The van der Waals surface area contributed by atoms with Gasteiger partial charge in [0.05, 0.1) is 0 Å². The van der Waals surface area contributed by atoms with E-state index in [1.807, 2.05) is 27.7 Å². The van der Waals surface area contributed by atoms with Crippen LogP contribution < -0.4 is 0 Å². The lowest BCUT2D eigenvalue weighted by molar-refractivity contribution is 0.173. The van der Waals surface area contributed by atoms with Crippen LogP contribution in [0.15, 0.2) is 0 Å². The van der Waals surface area contributed by atoms with Gasteiger partial charge in [-0.1, -0.05) is 0 Å². The first-order chi connectivity index (χ1) is 13.4. The Balaban J connectivity index is 5.17. The molecule has 0 spiro atoms. The zero-order chi connectivity index (χ0) is 25.1. The van der Waals surface area contributed by atoms with Crippen molar-refractivity contribution in [2.24, 2.45) is 0 Å². The van der Waals surface area contributed by atoms with Gasteiger partial charge in [0.15, 0.2) is 0 Å². The van der Waals surface area contributed by atoms with Crippen LogP contribution >= 0.6 is 0 Å². The summed E-state index contributed by atoms with van der Waals surface area (Å²) in [5.74, 6) is 0. The first kappa shape index (κ1) is 32.0. The van der Waals surface area contributed by atoms with Gasteiger partial charge >= 0.3 is 51.4 Å². The third-order valence-corrected chi connectivity index (χ3v) is 25.2. The quantitative estimate of drug-likeness (QED) is 0.243. The maximum atomic E-state index is 6.58. The van der Waals surface area contributed by atoms with Crippen LogP contribution in [0.2, 0.25) is 78.6 Å². The molecule has 0 atom stereocenters. The average Bonchev–Trinajstić information content (AvgIpc) is 2.24. The zero-order valence-corrected chi connectivity index (χ0v) is 29.0. The normalized spacial score (nSPS) is 15.3. The first-order valence-electron chi connectivity index (χ1n) is 11.2. The lowest BCUT2D eigenvalue weighted by atomic mass is 10.5. The molecule has 0 amide bonds. The second-order valence-electron chi connectivity index (χ2n) is 11.2. The molecule has 31 heavy (non-hydrogen) atoms. The minimum Gasteiger partial charge on any atom is -0.416 e. The molecule has 0 aliphatic rings. The van der Waals surface area contributed by atoms with E-state index in [1.165, 1.54) is 0 Å². The second-order valence-corrected chi connectivity index (χ2v) is 32.6. The lowest BCUT2D eigenvalue weighted by Gasteiger charge is -2.43. The number of hydrogen-bond donors (Lipinski definition) is 0. The van der Waals surface area contributed by atoms with Crippen molar-refractivity contribution in [2.45, 2.75) is 118 Å². The molecule has 0 fully saturated rings. The van der Waals surface area contributed by atoms with Crippen molar-refractivity contribution in [3.05, 3.63) is 0 Å². The van der Waals surface area contributed by atoms with Crippen molar-refractivity contribution >= 4 is 51.4 Å². The summed E-state index contributed by atoms with van der Waals surface area (Å²) in [6, 6.07) is 0. The minimum absolute atomic E-state index is 0.132. The molecule has 7 nitrogen and oxygen atoms in total. The molecule has 0 saturated carbocycles. The summed E-state index contributed by atoms with van der Waals surface area (Å²) in [7, 11) is -14.5. The maximum absolute atomic E-state index is 6.58. The maximum Gasteiger partial charge on any atom is 0.323 e. The third-order valence-electron chi connectivity index (χ3n) is 3.50. The van der Waals surface area contributed by atoms with E-state index < -0.39 is 51.4 Å². The van der Waals surface area contributed by atoms with E-state index in [4.69, 9.17) is 29.4 Å². The topological polar surface area (TPSA) is 64.6 Å². The summed E-state index contributed by atoms with van der Waals surface area (Å²) in [6.07, 6.45) is 0.264. The summed E-state index contributed by atoms with van der Waals surface area (Å²) in [5, 5.41) is 0. The van der Waals surface area contributed by atoms with Crippen molar-refractivity contribution in [2.75, 3.05) is 0 Å². The second kappa shape index (κ2) is 11.2. The molecular weight excluding hydrogens is 497 g/mol. The van der Waals surface area contributed by atoms with E-state index >= 15 is 0 Å². The van der Waals surface area contributed by atoms with Crippen LogP contribution in [-0.2, 0) is 29.4 Å². The molecule has 0 rings (SSSR count). The molecule has 0 aromatic rings. The van der Waals surface area contributed by atoms with Crippen LogP contribution in [0.4, 0.5) is 0 Å². The Morgan fingerprint density at radius 2 is 0.484 bits per heavy atom. The Bertz CT molecular complexity index is 518. The molecule has 0 aliphatic heterocycles. The van der Waals surface area contributed by atoms with Crippen LogP contribution in [0.25, 0.3) is 0 Å². The van der Waals surface area contributed by atoms with Crippen LogP contribution in [0.5, 0.6) is 0 Å². The van der Waals surface area contributed by atoms with Gasteiger partial charge in [-0.15, -0.1) is 0 Å². The van der Waals surface area contributed by atoms with Gasteiger partial charge in [0.25, 0.3) is 0 Å². The van der Waals surface area contributed by atoms with E-state index in [9.17, 15) is 0 Å². The number of rotatable bonds is 14. The highest BCUT2D eigenvalue weighted by atomic mass is 28.5. The minimum atomic E-state index is -2.51. The van der Waals surface area contributed by atoms with Crippen molar-refractivity contribution in [1.82, 2.24) is 0 Å². The molecule has 0 radical (unpaired) electrons. The largest absolute Gasteiger partial charge is 0.416 e. The zero-order valence-electron chi connectivity index (χ0n) is 23.0. The standard InChI is InChI=1S/C18H50O7Si6/c1-17(2)19-26(5,6)21-28(9,10)23-30(13,14)25-31(15,16)24-29(11,12)22-27(7,8)20-18(3)4/h17-18H,1-16H3. The van der Waals surface area contributed by atoms with Gasteiger partial charge in [-0.25, -0.2) is 0 Å². The Hall–Kier alpha value is 1.02. The van der Waals surface area contributed by atoms with Crippen LogP contribution in [-0.4, -0.2) is 63.6 Å². The fraction of sp³-hybridized carbons (Fsp3) is 1.00. The van der Waals surface area contributed by atoms with Crippen molar-refractivity contribution in [3.8, 4) is 0 Å². The monoisotopic (exact) mass is 546 g/mol. The van der Waals surface area contributed by atoms with Crippen LogP contribution in [0, 0.1) is 0 Å². The predicted octanol–water partition coefficient (Wildman–Crippen LogP) is 6.13. The predicted molar refractivity (Wildman–Crippen MR) is 143 cm³/mol. The summed E-state index contributed by atoms with van der Waals surface area (Å²) >= 11 is 0. The molecular formula is C18H50O7Si6. The van der Waals surface area contributed by atoms with E-state index in [0.29, 0.717) is 0 Å². The highest BCUT2D eigenvalue weighted by Gasteiger charge is 2.48. The summed E-state index contributed by atoms with van der Waals surface area (Å²) in [4.78, 5) is 0. The van der Waals surface area contributed by atoms with Gasteiger partial charge in [0, 0.05) is 12.2 Å². The third kappa shape index (κ3) is 15.5. The molecule has 0 heterocycles. The van der Waals surface area contributed by atoms with Gasteiger partial charge in [-0.2, -0.15) is 0 Å². The SMILES string of the molecule is CC(C)O[Si](C)(C)O[Si](C)(C)O[Si](C)(C)O[Si](C)(C)O[Si](C)(C)O[Si](C)(C)OC(C)C.